The van der Waals surface area contributed by atoms with Crippen LogP contribution >= 0.6 is 11.6 Å². The van der Waals surface area contributed by atoms with E-state index >= 15 is 0 Å². The van der Waals surface area contributed by atoms with Crippen molar-refractivity contribution in [3.8, 4) is 0 Å². The molecule has 0 spiro atoms. The summed E-state index contributed by atoms with van der Waals surface area (Å²) >= 11 is 5.92. The van der Waals surface area contributed by atoms with Crippen LogP contribution < -0.4 is 5.32 Å². The maximum Gasteiger partial charge on any atom is 0.125 e. The van der Waals surface area contributed by atoms with Crippen molar-refractivity contribution in [3.05, 3.63) is 52.7 Å². The molecule has 0 aliphatic heterocycles. The fraction of sp³-hybridized carbons (Fsp3) is 0.167. The Hall–Kier alpha value is -1.48. The summed E-state index contributed by atoms with van der Waals surface area (Å²) in [6.07, 6.45) is 1.62. The molecule has 0 bridgehead atoms. The van der Waals surface area contributed by atoms with Gasteiger partial charge in [-0.25, -0.2) is 4.39 Å². The second kappa shape index (κ2) is 4.58. The first-order valence-corrected chi connectivity index (χ1v) is 5.26. The van der Waals surface area contributed by atoms with Crippen LogP contribution in [0.5, 0.6) is 0 Å². The first-order valence-electron chi connectivity index (χ1n) is 4.88. The van der Waals surface area contributed by atoms with Gasteiger partial charge in [-0.2, -0.15) is 0 Å². The number of benzene rings is 1. The summed E-state index contributed by atoms with van der Waals surface area (Å²) in [6, 6.07) is 6.09. The van der Waals surface area contributed by atoms with E-state index in [0.29, 0.717) is 17.3 Å². The van der Waals surface area contributed by atoms with Gasteiger partial charge in [0.25, 0.3) is 0 Å². The van der Waals surface area contributed by atoms with E-state index < -0.39 is 0 Å². The molecule has 16 heavy (non-hydrogen) atoms. The molecule has 0 aliphatic rings. The van der Waals surface area contributed by atoms with Crippen molar-refractivity contribution in [2.24, 2.45) is 0 Å². The number of rotatable bonds is 3. The van der Waals surface area contributed by atoms with E-state index in [9.17, 15) is 4.39 Å². The lowest BCUT2D eigenvalue weighted by Crippen LogP contribution is -2.00. The maximum absolute atomic E-state index is 13.0. The van der Waals surface area contributed by atoms with E-state index in [1.807, 2.05) is 13.0 Å². The van der Waals surface area contributed by atoms with E-state index in [0.717, 1.165) is 11.3 Å². The largest absolute Gasteiger partial charge is 0.467 e. The van der Waals surface area contributed by atoms with Crippen LogP contribution in [0.1, 0.15) is 11.3 Å². The third kappa shape index (κ3) is 2.36. The molecule has 4 heteroatoms. The van der Waals surface area contributed by atoms with Crippen molar-refractivity contribution in [1.29, 1.82) is 0 Å². The van der Waals surface area contributed by atoms with E-state index in [4.69, 9.17) is 16.0 Å². The molecule has 84 valence electrons. The van der Waals surface area contributed by atoms with E-state index in [-0.39, 0.29) is 5.82 Å². The first kappa shape index (κ1) is 11.0. The van der Waals surface area contributed by atoms with Crippen molar-refractivity contribution in [2.45, 2.75) is 13.5 Å². The zero-order valence-corrected chi connectivity index (χ0v) is 9.51. The van der Waals surface area contributed by atoms with Gasteiger partial charge in [-0.1, -0.05) is 11.6 Å². The standard InChI is InChI=1S/C12H11ClFNO/c1-8-4-5-16-12(8)7-15-11-6-9(14)2-3-10(11)13/h2-6,15H,7H2,1H3. The van der Waals surface area contributed by atoms with Gasteiger partial charge in [0, 0.05) is 0 Å². The molecular formula is C12H11ClFNO. The molecule has 0 saturated carbocycles. The smallest absolute Gasteiger partial charge is 0.125 e. The van der Waals surface area contributed by atoms with Gasteiger partial charge in [0.15, 0.2) is 0 Å². The first-order chi connectivity index (χ1) is 7.66. The molecule has 0 aliphatic carbocycles. The quantitative estimate of drug-likeness (QED) is 0.876. The third-order valence-electron chi connectivity index (χ3n) is 2.34. The summed E-state index contributed by atoms with van der Waals surface area (Å²) in [7, 11) is 0. The third-order valence-corrected chi connectivity index (χ3v) is 2.67. The van der Waals surface area contributed by atoms with Gasteiger partial charge in [-0.05, 0) is 36.8 Å². The van der Waals surface area contributed by atoms with Crippen molar-refractivity contribution < 1.29 is 8.81 Å². The van der Waals surface area contributed by atoms with E-state index in [1.54, 1.807) is 6.26 Å². The van der Waals surface area contributed by atoms with Crippen LogP contribution in [0, 0.1) is 12.7 Å². The number of hydrogen-bond donors (Lipinski definition) is 1. The van der Waals surface area contributed by atoms with Gasteiger partial charge < -0.3 is 9.73 Å². The minimum atomic E-state index is -0.317. The average Bonchev–Trinajstić information content (AvgIpc) is 2.66. The van der Waals surface area contributed by atoms with Crippen LogP contribution in [-0.2, 0) is 6.54 Å². The second-order valence-electron chi connectivity index (χ2n) is 3.50. The molecule has 0 amide bonds. The summed E-state index contributed by atoms with van der Waals surface area (Å²) in [5.41, 5.74) is 1.62. The van der Waals surface area contributed by atoms with Crippen LogP contribution in [0.2, 0.25) is 5.02 Å². The number of anilines is 1. The lowest BCUT2D eigenvalue weighted by Gasteiger charge is -2.07. The maximum atomic E-state index is 13.0. The summed E-state index contributed by atoms with van der Waals surface area (Å²) < 4.78 is 18.2. The molecule has 0 atom stereocenters. The zero-order valence-electron chi connectivity index (χ0n) is 8.76. The van der Waals surface area contributed by atoms with Crippen molar-refractivity contribution in [2.75, 3.05) is 5.32 Å². The molecule has 0 radical (unpaired) electrons. The molecule has 0 unspecified atom stereocenters. The predicted molar refractivity (Wildman–Crippen MR) is 62.2 cm³/mol. The molecule has 1 heterocycles. The monoisotopic (exact) mass is 239 g/mol. The lowest BCUT2D eigenvalue weighted by atomic mass is 10.2. The van der Waals surface area contributed by atoms with Crippen LogP contribution in [0.3, 0.4) is 0 Å². The minimum Gasteiger partial charge on any atom is -0.467 e. The number of halogens is 2. The highest BCUT2D eigenvalue weighted by Crippen LogP contribution is 2.23. The van der Waals surface area contributed by atoms with Gasteiger partial charge >= 0.3 is 0 Å². The molecular weight excluding hydrogens is 229 g/mol. The Balaban J connectivity index is 2.10. The SMILES string of the molecule is Cc1ccoc1CNc1cc(F)ccc1Cl. The van der Waals surface area contributed by atoms with E-state index in [2.05, 4.69) is 5.32 Å². The Morgan fingerprint density at radius 1 is 1.38 bits per heavy atom. The van der Waals surface area contributed by atoms with Gasteiger partial charge in [0.05, 0.1) is 23.5 Å². The predicted octanol–water partition coefficient (Wildman–Crippen LogP) is 3.99. The Kier molecular flexibility index (Phi) is 3.15. The molecule has 0 fully saturated rings. The highest BCUT2D eigenvalue weighted by molar-refractivity contribution is 6.33. The van der Waals surface area contributed by atoms with Gasteiger partial charge in [0.2, 0.25) is 0 Å². The summed E-state index contributed by atoms with van der Waals surface area (Å²) in [4.78, 5) is 0. The summed E-state index contributed by atoms with van der Waals surface area (Å²) in [6.45, 7) is 2.44. The lowest BCUT2D eigenvalue weighted by molar-refractivity contribution is 0.515. The molecule has 1 aromatic carbocycles. The molecule has 2 aromatic rings. The molecule has 1 aromatic heterocycles. The number of hydrogen-bond acceptors (Lipinski definition) is 2. The fourth-order valence-corrected chi connectivity index (χ4v) is 1.58. The summed E-state index contributed by atoms with van der Waals surface area (Å²) in [5.74, 6) is 0.503. The average molecular weight is 240 g/mol. The minimum absolute atomic E-state index is 0.317. The topological polar surface area (TPSA) is 25.2 Å². The van der Waals surface area contributed by atoms with Gasteiger partial charge in [-0.3, -0.25) is 0 Å². The summed E-state index contributed by atoms with van der Waals surface area (Å²) in [5, 5.41) is 3.52. The Bertz CT molecular complexity index is 496. The number of nitrogens with one attached hydrogen (secondary N) is 1. The highest BCUT2D eigenvalue weighted by Gasteiger charge is 2.04. The molecule has 2 nitrogen and oxygen atoms in total. The second-order valence-corrected chi connectivity index (χ2v) is 3.91. The van der Waals surface area contributed by atoms with Crippen molar-refractivity contribution >= 4 is 17.3 Å². The Morgan fingerprint density at radius 3 is 2.88 bits per heavy atom. The van der Waals surface area contributed by atoms with Gasteiger partial charge in [0.1, 0.15) is 11.6 Å². The van der Waals surface area contributed by atoms with E-state index in [1.165, 1.54) is 18.2 Å². The van der Waals surface area contributed by atoms with Crippen LogP contribution in [0.4, 0.5) is 10.1 Å². The Morgan fingerprint density at radius 2 is 2.19 bits per heavy atom. The zero-order chi connectivity index (χ0) is 11.5. The molecule has 2 rings (SSSR count). The van der Waals surface area contributed by atoms with Crippen molar-refractivity contribution in [3.63, 3.8) is 0 Å². The fourth-order valence-electron chi connectivity index (χ4n) is 1.39. The van der Waals surface area contributed by atoms with Gasteiger partial charge in [-0.15, -0.1) is 0 Å². The number of furan rings is 1. The number of aryl methyl sites for hydroxylation is 1. The Labute approximate surface area is 98.0 Å². The van der Waals surface area contributed by atoms with Crippen LogP contribution in [-0.4, -0.2) is 0 Å². The van der Waals surface area contributed by atoms with Crippen molar-refractivity contribution in [1.82, 2.24) is 0 Å². The normalized spacial score (nSPS) is 10.4. The van der Waals surface area contributed by atoms with Crippen LogP contribution in [0.15, 0.2) is 34.9 Å². The highest BCUT2D eigenvalue weighted by atomic mass is 35.5. The molecule has 1 N–H and O–H groups in total. The van der Waals surface area contributed by atoms with Crippen LogP contribution in [0.25, 0.3) is 0 Å². The molecule has 0 saturated heterocycles.